The average molecular weight is 535 g/mol. The van der Waals surface area contributed by atoms with E-state index in [0.717, 1.165) is 15.0 Å². The summed E-state index contributed by atoms with van der Waals surface area (Å²) in [5, 5.41) is 5.33. The maximum atomic E-state index is 12.7. The largest absolute Gasteiger partial charge is 0.496 e. The average Bonchev–Trinajstić information content (AvgIpc) is 3.34. The third-order valence-corrected chi connectivity index (χ3v) is 6.91. The van der Waals surface area contributed by atoms with Crippen LogP contribution in [-0.4, -0.2) is 50.0 Å². The van der Waals surface area contributed by atoms with E-state index in [-0.39, 0.29) is 11.8 Å². The van der Waals surface area contributed by atoms with Gasteiger partial charge in [-0.3, -0.25) is 9.59 Å². The fraction of sp³-hybridized carbons (Fsp3) is 0.217. The van der Waals surface area contributed by atoms with Gasteiger partial charge in [-0.1, -0.05) is 33.6 Å². The summed E-state index contributed by atoms with van der Waals surface area (Å²) in [4.78, 5) is 30.1. The SMILES string of the molecule is COc1ccc(Br)cc1C(=O)Nc1ccc(N2CCN(C(=O)c3cccs3)CC2)c(Cl)c1. The molecule has 1 saturated heterocycles. The van der Waals surface area contributed by atoms with Crippen LogP contribution in [0.5, 0.6) is 5.75 Å². The number of anilines is 2. The number of carbonyl (C=O) groups excluding carboxylic acids is 2. The van der Waals surface area contributed by atoms with Crippen LogP contribution in [0, 0.1) is 0 Å². The molecule has 4 rings (SSSR count). The van der Waals surface area contributed by atoms with Crippen LogP contribution in [0.1, 0.15) is 20.0 Å². The van der Waals surface area contributed by atoms with Crippen LogP contribution in [0.4, 0.5) is 11.4 Å². The summed E-state index contributed by atoms with van der Waals surface area (Å²) in [7, 11) is 1.53. The summed E-state index contributed by atoms with van der Waals surface area (Å²) in [6.07, 6.45) is 0. The maximum absolute atomic E-state index is 12.7. The Morgan fingerprint density at radius 3 is 2.53 bits per heavy atom. The molecule has 0 spiro atoms. The minimum Gasteiger partial charge on any atom is -0.496 e. The molecule has 0 saturated carbocycles. The molecule has 1 fully saturated rings. The quantitative estimate of drug-likeness (QED) is 0.477. The van der Waals surface area contributed by atoms with Crippen LogP contribution in [-0.2, 0) is 0 Å². The predicted octanol–water partition coefficient (Wildman–Crippen LogP) is 5.39. The van der Waals surface area contributed by atoms with E-state index < -0.39 is 0 Å². The zero-order chi connectivity index (χ0) is 22.7. The molecule has 0 atom stereocenters. The highest BCUT2D eigenvalue weighted by molar-refractivity contribution is 9.10. The second kappa shape index (κ2) is 9.94. The summed E-state index contributed by atoms with van der Waals surface area (Å²) in [5.74, 6) is 0.280. The lowest BCUT2D eigenvalue weighted by Crippen LogP contribution is -2.48. The van der Waals surface area contributed by atoms with Crippen LogP contribution in [0.3, 0.4) is 0 Å². The Balaban J connectivity index is 1.41. The molecule has 2 amide bonds. The first-order valence-corrected chi connectivity index (χ1v) is 12.0. The highest BCUT2D eigenvalue weighted by Gasteiger charge is 2.24. The number of carbonyl (C=O) groups is 2. The molecule has 3 aromatic rings. The van der Waals surface area contributed by atoms with Gasteiger partial charge in [-0.2, -0.15) is 0 Å². The second-order valence-corrected chi connectivity index (χ2v) is 9.49. The van der Waals surface area contributed by atoms with Crippen molar-refractivity contribution in [3.8, 4) is 5.75 Å². The number of rotatable bonds is 5. The summed E-state index contributed by atoms with van der Waals surface area (Å²) in [6, 6.07) is 14.5. The number of amides is 2. The van der Waals surface area contributed by atoms with Gasteiger partial charge in [0.15, 0.2) is 0 Å². The normalized spacial score (nSPS) is 13.7. The highest BCUT2D eigenvalue weighted by Crippen LogP contribution is 2.31. The molecule has 0 aliphatic carbocycles. The first-order chi connectivity index (χ1) is 15.5. The molecule has 2 aromatic carbocycles. The summed E-state index contributed by atoms with van der Waals surface area (Å²) < 4.78 is 6.07. The monoisotopic (exact) mass is 533 g/mol. The van der Waals surface area contributed by atoms with Gasteiger partial charge in [-0.15, -0.1) is 11.3 Å². The Labute approximate surface area is 203 Å². The van der Waals surface area contributed by atoms with Gasteiger partial charge < -0.3 is 19.9 Å². The molecule has 1 N–H and O–H groups in total. The van der Waals surface area contributed by atoms with Gasteiger partial charge in [-0.25, -0.2) is 0 Å². The van der Waals surface area contributed by atoms with E-state index in [1.54, 1.807) is 18.2 Å². The number of hydrogen-bond acceptors (Lipinski definition) is 5. The van der Waals surface area contributed by atoms with Crippen molar-refractivity contribution in [3.05, 3.63) is 73.8 Å². The number of ether oxygens (including phenoxy) is 1. The van der Waals surface area contributed by atoms with Crippen molar-refractivity contribution in [2.24, 2.45) is 0 Å². The van der Waals surface area contributed by atoms with E-state index in [0.29, 0.717) is 48.2 Å². The smallest absolute Gasteiger partial charge is 0.264 e. The molecule has 0 bridgehead atoms. The molecule has 0 unspecified atom stereocenters. The lowest BCUT2D eigenvalue weighted by Gasteiger charge is -2.36. The topological polar surface area (TPSA) is 61.9 Å². The molecule has 6 nitrogen and oxygen atoms in total. The Bertz CT molecular complexity index is 1130. The Kier molecular flexibility index (Phi) is 7.03. The van der Waals surface area contributed by atoms with E-state index in [1.165, 1.54) is 18.4 Å². The minimum absolute atomic E-state index is 0.0757. The Morgan fingerprint density at radius 2 is 1.88 bits per heavy atom. The number of thiophene rings is 1. The van der Waals surface area contributed by atoms with Crippen molar-refractivity contribution in [2.75, 3.05) is 43.5 Å². The lowest BCUT2D eigenvalue weighted by atomic mass is 10.1. The zero-order valence-electron chi connectivity index (χ0n) is 17.3. The molecule has 0 radical (unpaired) electrons. The summed E-state index contributed by atoms with van der Waals surface area (Å²) in [5.41, 5.74) is 1.90. The Morgan fingerprint density at radius 1 is 1.09 bits per heavy atom. The number of nitrogens with one attached hydrogen (secondary N) is 1. The fourth-order valence-corrected chi connectivity index (χ4v) is 4.96. The van der Waals surface area contributed by atoms with Crippen LogP contribution >= 0.6 is 38.9 Å². The van der Waals surface area contributed by atoms with E-state index in [4.69, 9.17) is 16.3 Å². The highest BCUT2D eigenvalue weighted by atomic mass is 79.9. The summed E-state index contributed by atoms with van der Waals surface area (Å²) >= 11 is 11.4. The van der Waals surface area contributed by atoms with Gasteiger partial charge in [0, 0.05) is 36.3 Å². The van der Waals surface area contributed by atoms with Crippen molar-refractivity contribution < 1.29 is 14.3 Å². The van der Waals surface area contributed by atoms with Gasteiger partial charge in [0.1, 0.15) is 5.75 Å². The third-order valence-electron chi connectivity index (χ3n) is 5.25. The number of halogens is 2. The van der Waals surface area contributed by atoms with Crippen LogP contribution in [0.25, 0.3) is 0 Å². The van der Waals surface area contributed by atoms with Gasteiger partial charge in [0.05, 0.1) is 28.3 Å². The molecular formula is C23H21BrClN3O3S. The van der Waals surface area contributed by atoms with Gasteiger partial charge in [-0.05, 0) is 47.8 Å². The van der Waals surface area contributed by atoms with Gasteiger partial charge in [0.25, 0.3) is 11.8 Å². The molecule has 1 aliphatic rings. The van der Waals surface area contributed by atoms with Crippen molar-refractivity contribution in [1.29, 1.82) is 0 Å². The molecule has 1 aliphatic heterocycles. The molecule has 32 heavy (non-hydrogen) atoms. The van der Waals surface area contributed by atoms with Crippen LogP contribution in [0.2, 0.25) is 5.02 Å². The Hall–Kier alpha value is -2.55. The molecule has 9 heteroatoms. The van der Waals surface area contributed by atoms with Crippen molar-refractivity contribution in [1.82, 2.24) is 4.90 Å². The molecule has 1 aromatic heterocycles. The van der Waals surface area contributed by atoms with Crippen molar-refractivity contribution in [3.63, 3.8) is 0 Å². The minimum atomic E-state index is -0.285. The van der Waals surface area contributed by atoms with E-state index in [9.17, 15) is 9.59 Å². The maximum Gasteiger partial charge on any atom is 0.264 e. The second-order valence-electron chi connectivity index (χ2n) is 7.22. The van der Waals surface area contributed by atoms with Crippen molar-refractivity contribution >= 4 is 62.1 Å². The standard InChI is InChI=1S/C23H21BrClN3O3S/c1-31-20-7-4-15(24)13-17(20)22(29)26-16-5-6-19(18(25)14-16)27-8-10-28(11-9-27)23(30)21-3-2-12-32-21/h2-7,12-14H,8-11H2,1H3,(H,26,29). The van der Waals surface area contributed by atoms with E-state index >= 15 is 0 Å². The summed E-state index contributed by atoms with van der Waals surface area (Å²) in [6.45, 7) is 2.65. The number of methoxy groups -OCH3 is 1. The molecule has 2 heterocycles. The predicted molar refractivity (Wildman–Crippen MR) is 133 cm³/mol. The first-order valence-electron chi connectivity index (χ1n) is 9.98. The number of benzene rings is 2. The number of nitrogens with zero attached hydrogens (tertiary/aromatic N) is 2. The lowest BCUT2D eigenvalue weighted by molar-refractivity contribution is 0.0751. The van der Waals surface area contributed by atoms with Gasteiger partial charge >= 0.3 is 0 Å². The molecular weight excluding hydrogens is 514 g/mol. The number of hydrogen-bond donors (Lipinski definition) is 1. The van der Waals surface area contributed by atoms with E-state index in [1.807, 2.05) is 40.6 Å². The van der Waals surface area contributed by atoms with Crippen molar-refractivity contribution in [2.45, 2.75) is 0 Å². The van der Waals surface area contributed by atoms with E-state index in [2.05, 4.69) is 26.1 Å². The van der Waals surface area contributed by atoms with Gasteiger partial charge in [0.2, 0.25) is 0 Å². The molecule has 166 valence electrons. The number of piperazine rings is 1. The zero-order valence-corrected chi connectivity index (χ0v) is 20.5. The first kappa shape index (κ1) is 22.6. The fourth-order valence-electron chi connectivity index (χ4n) is 3.60. The third kappa shape index (κ3) is 4.92. The van der Waals surface area contributed by atoms with Crippen LogP contribution in [0.15, 0.2) is 58.4 Å². The van der Waals surface area contributed by atoms with Crippen LogP contribution < -0.4 is 15.0 Å².